The fraction of sp³-hybridized carbons (Fsp3) is 0.643. The quantitative estimate of drug-likeness (QED) is 0.581. The van der Waals surface area contributed by atoms with Crippen LogP contribution < -0.4 is 10.6 Å². The molecule has 3 amide bonds. The zero-order chi connectivity index (χ0) is 16.0. The van der Waals surface area contributed by atoms with Crippen LogP contribution in [0.3, 0.4) is 0 Å². The molecule has 1 rings (SSSR count). The smallest absolute Gasteiger partial charge is 0.410 e. The molecule has 21 heavy (non-hydrogen) atoms. The third kappa shape index (κ3) is 5.85. The van der Waals surface area contributed by atoms with Gasteiger partial charge in [-0.15, -0.1) is 6.58 Å². The van der Waals surface area contributed by atoms with E-state index in [1.54, 1.807) is 26.8 Å². The molecule has 1 heterocycles. The van der Waals surface area contributed by atoms with Gasteiger partial charge in [0.25, 0.3) is 0 Å². The molecule has 1 aliphatic rings. The molecule has 0 aromatic rings. The Kier molecular flexibility index (Phi) is 5.75. The summed E-state index contributed by atoms with van der Waals surface area (Å²) in [6.07, 6.45) is 1.73. The van der Waals surface area contributed by atoms with Gasteiger partial charge in [0.2, 0.25) is 11.8 Å². The number of amides is 3. The number of ether oxygens (including phenoxy) is 1. The maximum Gasteiger partial charge on any atom is 0.410 e. The number of hydrogen-bond acceptors (Lipinski definition) is 4. The lowest BCUT2D eigenvalue weighted by Gasteiger charge is -2.33. The van der Waals surface area contributed by atoms with Crippen molar-refractivity contribution < 1.29 is 19.1 Å². The van der Waals surface area contributed by atoms with Crippen LogP contribution in [-0.4, -0.2) is 54.1 Å². The molecule has 7 nitrogen and oxygen atoms in total. The van der Waals surface area contributed by atoms with E-state index >= 15 is 0 Å². The largest absolute Gasteiger partial charge is 0.444 e. The summed E-state index contributed by atoms with van der Waals surface area (Å²) in [5.41, 5.74) is -0.646. The third-order valence-corrected chi connectivity index (χ3v) is 2.69. The molecule has 1 unspecified atom stereocenters. The molecule has 1 atom stereocenters. The molecule has 0 saturated carbocycles. The highest BCUT2D eigenvalue weighted by molar-refractivity contribution is 5.91. The second-order valence-electron chi connectivity index (χ2n) is 5.85. The Labute approximate surface area is 124 Å². The summed E-state index contributed by atoms with van der Waals surface area (Å²) in [5, 5.41) is 5.24. The first-order valence-corrected chi connectivity index (χ1v) is 6.89. The first-order chi connectivity index (χ1) is 9.73. The Morgan fingerprint density at radius 3 is 2.76 bits per heavy atom. The SMILES string of the molecule is C=CCCNC(=O)C1CN(C(=O)OC(C)(C)C)CC(=O)N1. The molecule has 1 aliphatic heterocycles. The number of hydrogen-bond donors (Lipinski definition) is 2. The van der Waals surface area contributed by atoms with Crippen LogP contribution in [0, 0.1) is 0 Å². The third-order valence-electron chi connectivity index (χ3n) is 2.69. The Balaban J connectivity index is 2.61. The zero-order valence-electron chi connectivity index (χ0n) is 12.8. The van der Waals surface area contributed by atoms with Crippen LogP contribution in [-0.2, 0) is 14.3 Å². The molecule has 0 radical (unpaired) electrons. The molecule has 1 fully saturated rings. The van der Waals surface area contributed by atoms with Crippen molar-refractivity contribution in [3.8, 4) is 0 Å². The van der Waals surface area contributed by atoms with Crippen molar-refractivity contribution in [2.45, 2.75) is 38.8 Å². The van der Waals surface area contributed by atoms with Crippen molar-refractivity contribution in [3.05, 3.63) is 12.7 Å². The second-order valence-corrected chi connectivity index (χ2v) is 5.85. The van der Waals surface area contributed by atoms with Gasteiger partial charge in [-0.1, -0.05) is 6.08 Å². The van der Waals surface area contributed by atoms with Gasteiger partial charge >= 0.3 is 6.09 Å². The van der Waals surface area contributed by atoms with Crippen LogP contribution in [0.1, 0.15) is 27.2 Å². The van der Waals surface area contributed by atoms with Crippen LogP contribution >= 0.6 is 0 Å². The fourth-order valence-corrected chi connectivity index (χ4v) is 1.78. The van der Waals surface area contributed by atoms with E-state index in [1.807, 2.05) is 0 Å². The molecular formula is C14H23N3O4. The minimum Gasteiger partial charge on any atom is -0.444 e. The Morgan fingerprint density at radius 2 is 2.19 bits per heavy atom. The Hall–Kier alpha value is -2.05. The van der Waals surface area contributed by atoms with Crippen molar-refractivity contribution in [2.75, 3.05) is 19.6 Å². The van der Waals surface area contributed by atoms with Gasteiger partial charge in [-0.3, -0.25) is 14.5 Å². The summed E-state index contributed by atoms with van der Waals surface area (Å²) in [6, 6.07) is -0.761. The Bertz CT molecular complexity index is 428. The molecule has 118 valence electrons. The normalized spacial score (nSPS) is 18.7. The number of carbonyl (C=O) groups excluding carboxylic acids is 3. The summed E-state index contributed by atoms with van der Waals surface area (Å²) in [4.78, 5) is 36.8. The number of nitrogens with one attached hydrogen (secondary N) is 2. The summed E-state index contributed by atoms with van der Waals surface area (Å²) in [7, 11) is 0. The van der Waals surface area contributed by atoms with E-state index in [1.165, 1.54) is 4.90 Å². The predicted molar refractivity (Wildman–Crippen MR) is 77.6 cm³/mol. The lowest BCUT2D eigenvalue weighted by molar-refractivity contribution is -0.133. The molecular weight excluding hydrogens is 274 g/mol. The van der Waals surface area contributed by atoms with E-state index in [-0.39, 0.29) is 24.9 Å². The highest BCUT2D eigenvalue weighted by Gasteiger charge is 2.34. The average molecular weight is 297 g/mol. The van der Waals surface area contributed by atoms with Crippen LogP contribution in [0.2, 0.25) is 0 Å². The van der Waals surface area contributed by atoms with E-state index in [9.17, 15) is 14.4 Å². The van der Waals surface area contributed by atoms with E-state index in [0.29, 0.717) is 13.0 Å². The summed E-state index contributed by atoms with van der Waals surface area (Å²) in [6.45, 7) is 9.23. The summed E-state index contributed by atoms with van der Waals surface area (Å²) >= 11 is 0. The number of rotatable bonds is 4. The van der Waals surface area contributed by atoms with Crippen LogP contribution in [0.25, 0.3) is 0 Å². The van der Waals surface area contributed by atoms with Crippen molar-refractivity contribution in [1.82, 2.24) is 15.5 Å². The van der Waals surface area contributed by atoms with Crippen LogP contribution in [0.5, 0.6) is 0 Å². The van der Waals surface area contributed by atoms with Gasteiger partial charge in [-0.2, -0.15) is 0 Å². The molecule has 0 bridgehead atoms. The van der Waals surface area contributed by atoms with E-state index in [4.69, 9.17) is 4.74 Å². The minimum atomic E-state index is -0.761. The standard InChI is InChI=1S/C14H23N3O4/c1-5-6-7-15-12(19)10-8-17(9-11(18)16-10)13(20)21-14(2,3)4/h5,10H,1,6-9H2,2-4H3,(H,15,19)(H,16,18). The van der Waals surface area contributed by atoms with Crippen LogP contribution in [0.4, 0.5) is 4.79 Å². The van der Waals surface area contributed by atoms with E-state index in [0.717, 1.165) is 0 Å². The summed E-state index contributed by atoms with van der Waals surface area (Å²) in [5.74, 6) is -0.700. The number of piperazine rings is 1. The Morgan fingerprint density at radius 1 is 1.52 bits per heavy atom. The van der Waals surface area contributed by atoms with Gasteiger partial charge < -0.3 is 15.4 Å². The molecule has 0 aromatic carbocycles. The minimum absolute atomic E-state index is 0.0978. The molecule has 1 saturated heterocycles. The van der Waals surface area contributed by atoms with Gasteiger partial charge in [-0.05, 0) is 27.2 Å². The van der Waals surface area contributed by atoms with Gasteiger partial charge in [-0.25, -0.2) is 4.79 Å². The van der Waals surface area contributed by atoms with Crippen molar-refractivity contribution in [1.29, 1.82) is 0 Å². The van der Waals surface area contributed by atoms with Crippen molar-refractivity contribution in [2.24, 2.45) is 0 Å². The van der Waals surface area contributed by atoms with Crippen molar-refractivity contribution in [3.63, 3.8) is 0 Å². The molecule has 0 aromatic heterocycles. The molecule has 0 spiro atoms. The fourth-order valence-electron chi connectivity index (χ4n) is 1.78. The van der Waals surface area contributed by atoms with Crippen molar-refractivity contribution >= 4 is 17.9 Å². The monoisotopic (exact) mass is 297 g/mol. The highest BCUT2D eigenvalue weighted by atomic mass is 16.6. The highest BCUT2D eigenvalue weighted by Crippen LogP contribution is 2.11. The summed E-state index contributed by atoms with van der Waals surface area (Å²) < 4.78 is 5.21. The number of carbonyl (C=O) groups is 3. The van der Waals surface area contributed by atoms with Gasteiger partial charge in [0.15, 0.2) is 0 Å². The average Bonchev–Trinajstić information content (AvgIpc) is 2.36. The molecule has 2 N–H and O–H groups in total. The second kappa shape index (κ2) is 7.10. The van der Waals surface area contributed by atoms with Gasteiger partial charge in [0.05, 0.1) is 6.54 Å². The lowest BCUT2D eigenvalue weighted by Crippen LogP contribution is -2.61. The van der Waals surface area contributed by atoms with Gasteiger partial charge in [0.1, 0.15) is 18.2 Å². The van der Waals surface area contributed by atoms with Gasteiger partial charge in [0, 0.05) is 6.54 Å². The van der Waals surface area contributed by atoms with Crippen LogP contribution in [0.15, 0.2) is 12.7 Å². The van der Waals surface area contributed by atoms with E-state index < -0.39 is 17.7 Å². The predicted octanol–water partition coefficient (Wildman–Crippen LogP) is 0.414. The maximum atomic E-state index is 12.0. The number of nitrogens with zero attached hydrogens (tertiary/aromatic N) is 1. The first-order valence-electron chi connectivity index (χ1n) is 6.89. The zero-order valence-corrected chi connectivity index (χ0v) is 12.8. The maximum absolute atomic E-state index is 12.0. The first kappa shape index (κ1) is 17.0. The molecule has 0 aliphatic carbocycles. The lowest BCUT2D eigenvalue weighted by atomic mass is 10.2. The topological polar surface area (TPSA) is 87.7 Å². The van der Waals surface area contributed by atoms with E-state index in [2.05, 4.69) is 17.2 Å². The molecule has 7 heteroatoms.